The molecule has 0 bridgehead atoms. The van der Waals surface area contributed by atoms with Crippen molar-refractivity contribution in [3.05, 3.63) is 29.0 Å². The van der Waals surface area contributed by atoms with Crippen LogP contribution in [0.1, 0.15) is 43.8 Å². The summed E-state index contributed by atoms with van der Waals surface area (Å²) in [6.07, 6.45) is 5.86. The molecule has 9 heteroatoms. The minimum Gasteiger partial charge on any atom is -0.495 e. The van der Waals surface area contributed by atoms with Crippen LogP contribution in [0.5, 0.6) is 5.75 Å². The highest BCUT2D eigenvalue weighted by Crippen LogP contribution is 2.32. The van der Waals surface area contributed by atoms with E-state index in [4.69, 9.17) is 22.2 Å². The Morgan fingerprint density at radius 1 is 1.38 bits per heavy atom. The maximum absolute atomic E-state index is 12.2. The molecule has 2 aromatic rings. The molecule has 1 aromatic heterocycles. The van der Waals surface area contributed by atoms with Gasteiger partial charge in [0.1, 0.15) is 5.75 Å². The van der Waals surface area contributed by atoms with Crippen molar-refractivity contribution >= 4 is 35.0 Å². The molecule has 0 saturated heterocycles. The topological polar surface area (TPSA) is 95.1 Å². The van der Waals surface area contributed by atoms with Crippen LogP contribution in [0.2, 0.25) is 5.02 Å². The smallest absolute Gasteiger partial charge is 0.234 e. The van der Waals surface area contributed by atoms with Crippen molar-refractivity contribution in [3.8, 4) is 5.75 Å². The second-order valence-electron chi connectivity index (χ2n) is 6.23. The van der Waals surface area contributed by atoms with Crippen molar-refractivity contribution in [2.24, 2.45) is 0 Å². The Hall–Kier alpha value is -1.93. The monoisotopic (exact) mass is 395 g/mol. The van der Waals surface area contributed by atoms with E-state index in [1.54, 1.807) is 25.3 Å². The van der Waals surface area contributed by atoms with Crippen LogP contribution < -0.4 is 15.9 Å². The number of benzene rings is 1. The Kier molecular flexibility index (Phi) is 6.26. The van der Waals surface area contributed by atoms with Gasteiger partial charge in [0.05, 0.1) is 17.9 Å². The molecule has 0 unspecified atom stereocenters. The van der Waals surface area contributed by atoms with Gasteiger partial charge in [-0.05, 0) is 31.0 Å². The van der Waals surface area contributed by atoms with E-state index in [9.17, 15) is 4.79 Å². The number of rotatable bonds is 6. The molecule has 3 N–H and O–H groups in total. The van der Waals surface area contributed by atoms with E-state index in [1.165, 1.54) is 35.7 Å². The van der Waals surface area contributed by atoms with Gasteiger partial charge >= 0.3 is 0 Å². The molecule has 0 spiro atoms. The number of nitrogens with zero attached hydrogens (tertiary/aromatic N) is 3. The van der Waals surface area contributed by atoms with Gasteiger partial charge in [-0.2, -0.15) is 0 Å². The van der Waals surface area contributed by atoms with E-state index in [2.05, 4.69) is 15.5 Å². The zero-order chi connectivity index (χ0) is 18.5. The van der Waals surface area contributed by atoms with E-state index in [0.29, 0.717) is 27.5 Å². The molecule has 0 atom stereocenters. The maximum Gasteiger partial charge on any atom is 0.234 e. The SMILES string of the molecule is COc1ccc(NC(=O)CSc2nnc(C3CCCCC3)n2N)cc1Cl. The summed E-state index contributed by atoms with van der Waals surface area (Å²) >= 11 is 7.33. The van der Waals surface area contributed by atoms with Gasteiger partial charge in [0, 0.05) is 11.6 Å². The van der Waals surface area contributed by atoms with Gasteiger partial charge in [-0.25, -0.2) is 4.68 Å². The lowest BCUT2D eigenvalue weighted by atomic mass is 9.89. The van der Waals surface area contributed by atoms with E-state index in [-0.39, 0.29) is 11.7 Å². The van der Waals surface area contributed by atoms with Gasteiger partial charge < -0.3 is 15.9 Å². The number of hydrogen-bond donors (Lipinski definition) is 2. The summed E-state index contributed by atoms with van der Waals surface area (Å²) in [6.45, 7) is 0. The third-order valence-electron chi connectivity index (χ3n) is 4.43. The highest BCUT2D eigenvalue weighted by Gasteiger charge is 2.22. The Balaban J connectivity index is 1.56. The Morgan fingerprint density at radius 2 is 2.15 bits per heavy atom. The van der Waals surface area contributed by atoms with Gasteiger partial charge in [-0.3, -0.25) is 4.79 Å². The van der Waals surface area contributed by atoms with Crippen molar-refractivity contribution in [2.75, 3.05) is 24.0 Å². The molecule has 1 saturated carbocycles. The largest absolute Gasteiger partial charge is 0.495 e. The summed E-state index contributed by atoms with van der Waals surface area (Å²) in [5.41, 5.74) is 0.610. The molecule has 140 valence electrons. The number of carbonyl (C=O) groups excluding carboxylic acids is 1. The number of nitrogens with one attached hydrogen (secondary N) is 1. The number of halogens is 1. The second kappa shape index (κ2) is 8.64. The van der Waals surface area contributed by atoms with Crippen LogP contribution >= 0.6 is 23.4 Å². The molecule has 0 aliphatic heterocycles. The molecule has 3 rings (SSSR count). The second-order valence-corrected chi connectivity index (χ2v) is 7.58. The highest BCUT2D eigenvalue weighted by atomic mass is 35.5. The molecule has 0 radical (unpaired) electrons. The molecule has 1 amide bonds. The zero-order valence-corrected chi connectivity index (χ0v) is 16.1. The number of nitrogens with two attached hydrogens (primary N) is 1. The average Bonchev–Trinajstić information content (AvgIpc) is 3.01. The molecule has 7 nitrogen and oxygen atoms in total. The van der Waals surface area contributed by atoms with Gasteiger partial charge in [0.2, 0.25) is 11.1 Å². The summed E-state index contributed by atoms with van der Waals surface area (Å²) in [4.78, 5) is 12.2. The number of thioether (sulfide) groups is 1. The predicted molar refractivity (Wildman–Crippen MR) is 103 cm³/mol. The van der Waals surface area contributed by atoms with Crippen LogP contribution in [0.25, 0.3) is 0 Å². The van der Waals surface area contributed by atoms with Crippen LogP contribution in [0.15, 0.2) is 23.4 Å². The van der Waals surface area contributed by atoms with E-state index < -0.39 is 0 Å². The van der Waals surface area contributed by atoms with E-state index >= 15 is 0 Å². The number of ether oxygens (including phenoxy) is 1. The minimum atomic E-state index is -0.168. The molecule has 26 heavy (non-hydrogen) atoms. The standard InChI is InChI=1S/C17H22ClN5O2S/c1-25-14-8-7-12(9-13(14)18)20-15(24)10-26-17-22-21-16(23(17)19)11-5-3-2-4-6-11/h7-9,11H,2-6,10,19H2,1H3,(H,20,24). The van der Waals surface area contributed by atoms with Crippen LogP contribution in [0.3, 0.4) is 0 Å². The number of hydrogen-bond acceptors (Lipinski definition) is 6. The number of methoxy groups -OCH3 is 1. The number of anilines is 1. The summed E-state index contributed by atoms with van der Waals surface area (Å²) in [6, 6.07) is 5.09. The normalized spacial score (nSPS) is 15.0. The first-order valence-electron chi connectivity index (χ1n) is 8.55. The van der Waals surface area contributed by atoms with Crippen molar-refractivity contribution in [2.45, 2.75) is 43.2 Å². The Bertz CT molecular complexity index is 777. The fraction of sp³-hybridized carbons (Fsp3) is 0.471. The van der Waals surface area contributed by atoms with Crippen LogP contribution in [-0.2, 0) is 4.79 Å². The number of carbonyl (C=O) groups is 1. The van der Waals surface area contributed by atoms with E-state index in [1.807, 2.05) is 0 Å². The van der Waals surface area contributed by atoms with Crippen molar-refractivity contribution < 1.29 is 9.53 Å². The summed E-state index contributed by atoms with van der Waals surface area (Å²) < 4.78 is 6.62. The third kappa shape index (κ3) is 4.42. The minimum absolute atomic E-state index is 0.168. The predicted octanol–water partition coefficient (Wildman–Crippen LogP) is 3.43. The third-order valence-corrected chi connectivity index (χ3v) is 5.67. The lowest BCUT2D eigenvalue weighted by Gasteiger charge is -2.20. The molecule has 1 aliphatic carbocycles. The lowest BCUT2D eigenvalue weighted by Crippen LogP contribution is -2.19. The molecule has 1 aromatic carbocycles. The van der Waals surface area contributed by atoms with Gasteiger partial charge in [-0.15, -0.1) is 10.2 Å². The molecule has 1 heterocycles. The first kappa shape index (κ1) is 18.8. The Morgan fingerprint density at radius 3 is 2.85 bits per heavy atom. The Labute approximate surface area is 161 Å². The van der Waals surface area contributed by atoms with Gasteiger partial charge in [-0.1, -0.05) is 42.6 Å². The van der Waals surface area contributed by atoms with E-state index in [0.717, 1.165) is 18.7 Å². The average molecular weight is 396 g/mol. The molecule has 1 aliphatic rings. The quantitative estimate of drug-likeness (QED) is 0.574. The summed E-state index contributed by atoms with van der Waals surface area (Å²) in [7, 11) is 1.54. The molecular weight excluding hydrogens is 374 g/mol. The fourth-order valence-corrected chi connectivity index (χ4v) is 4.02. The molecule has 1 fully saturated rings. The van der Waals surface area contributed by atoms with Crippen molar-refractivity contribution in [1.29, 1.82) is 0 Å². The lowest BCUT2D eigenvalue weighted by molar-refractivity contribution is -0.113. The fourth-order valence-electron chi connectivity index (χ4n) is 3.10. The van der Waals surface area contributed by atoms with Crippen LogP contribution in [0.4, 0.5) is 5.69 Å². The van der Waals surface area contributed by atoms with Crippen molar-refractivity contribution in [3.63, 3.8) is 0 Å². The molecular formula is C17H22ClN5O2S. The number of amides is 1. The van der Waals surface area contributed by atoms with Crippen LogP contribution in [0, 0.1) is 0 Å². The first-order chi connectivity index (χ1) is 12.6. The zero-order valence-electron chi connectivity index (χ0n) is 14.6. The summed E-state index contributed by atoms with van der Waals surface area (Å²) in [5.74, 6) is 7.89. The number of nitrogen functional groups attached to an aromatic ring is 1. The number of aromatic nitrogens is 3. The summed E-state index contributed by atoms with van der Waals surface area (Å²) in [5, 5.41) is 12.2. The maximum atomic E-state index is 12.2. The van der Waals surface area contributed by atoms with Gasteiger partial charge in [0.25, 0.3) is 0 Å². The highest BCUT2D eigenvalue weighted by molar-refractivity contribution is 7.99. The van der Waals surface area contributed by atoms with Crippen LogP contribution in [-0.4, -0.2) is 33.6 Å². The van der Waals surface area contributed by atoms with Gasteiger partial charge in [0.15, 0.2) is 5.82 Å². The first-order valence-corrected chi connectivity index (χ1v) is 9.91. The van der Waals surface area contributed by atoms with Crippen molar-refractivity contribution in [1.82, 2.24) is 14.9 Å².